The van der Waals surface area contributed by atoms with Gasteiger partial charge in [0.1, 0.15) is 12.1 Å². The highest BCUT2D eigenvalue weighted by molar-refractivity contribution is 8.15. The monoisotopic (exact) mass is 469 g/mol. The molecule has 1 heterocycles. The molecule has 0 radical (unpaired) electrons. The molecule has 0 unspecified atom stereocenters. The number of aryl methyl sites for hydroxylation is 1. The topological polar surface area (TPSA) is 101 Å². The fourth-order valence-electron chi connectivity index (χ4n) is 3.84. The Morgan fingerprint density at radius 1 is 1.06 bits per heavy atom. The number of hydrogen-bond donors (Lipinski definition) is 1. The maximum atomic E-state index is 13.3. The van der Waals surface area contributed by atoms with E-state index in [2.05, 4.69) is 0 Å². The second-order valence-corrected chi connectivity index (χ2v) is 9.95. The van der Waals surface area contributed by atoms with E-state index in [-0.39, 0.29) is 18.1 Å². The van der Waals surface area contributed by atoms with Crippen molar-refractivity contribution in [2.24, 2.45) is 0 Å². The molecular weight excluding hydrogens is 442 g/mol. The van der Waals surface area contributed by atoms with Gasteiger partial charge in [-0.25, -0.2) is 9.59 Å². The van der Waals surface area contributed by atoms with Gasteiger partial charge in [-0.3, -0.25) is 9.59 Å². The zero-order valence-electron chi connectivity index (χ0n) is 18.8. The highest BCUT2D eigenvalue weighted by atomic mass is 32.2. The van der Waals surface area contributed by atoms with Gasteiger partial charge >= 0.3 is 11.9 Å². The average Bonchev–Trinajstić information content (AvgIpc) is 3.22. The van der Waals surface area contributed by atoms with Crippen LogP contribution in [0.3, 0.4) is 0 Å². The van der Waals surface area contributed by atoms with Gasteiger partial charge in [-0.1, -0.05) is 67.2 Å². The molecule has 7 nitrogen and oxygen atoms in total. The fourth-order valence-corrected chi connectivity index (χ4v) is 4.76. The molecule has 1 N–H and O–H groups in total. The lowest BCUT2D eigenvalue weighted by Gasteiger charge is -2.30. The van der Waals surface area contributed by atoms with E-state index in [1.807, 2.05) is 19.1 Å². The second-order valence-electron chi connectivity index (χ2n) is 8.35. The van der Waals surface area contributed by atoms with Crippen molar-refractivity contribution in [2.75, 3.05) is 6.54 Å². The number of esters is 1. The van der Waals surface area contributed by atoms with Gasteiger partial charge in [0.25, 0.3) is 0 Å². The van der Waals surface area contributed by atoms with Crippen LogP contribution in [0.2, 0.25) is 0 Å². The predicted molar refractivity (Wildman–Crippen MR) is 125 cm³/mol. The van der Waals surface area contributed by atoms with E-state index in [9.17, 15) is 24.3 Å². The van der Waals surface area contributed by atoms with Gasteiger partial charge in [0.15, 0.2) is 0 Å². The molecule has 0 aliphatic carbocycles. The van der Waals surface area contributed by atoms with Crippen LogP contribution in [-0.4, -0.2) is 56.4 Å². The van der Waals surface area contributed by atoms with Crippen molar-refractivity contribution in [3.63, 3.8) is 0 Å². The number of rotatable bonds is 7. The molecule has 2 atom stereocenters. The first-order valence-corrected chi connectivity index (χ1v) is 11.6. The Hall–Kier alpha value is -3.13. The summed E-state index contributed by atoms with van der Waals surface area (Å²) < 4.78 is 4.39. The van der Waals surface area contributed by atoms with Gasteiger partial charge in [0.2, 0.25) is 11.0 Å². The minimum Gasteiger partial charge on any atom is -0.480 e. The maximum Gasteiger partial charge on any atom is 0.338 e. The van der Waals surface area contributed by atoms with Gasteiger partial charge < -0.3 is 14.7 Å². The van der Waals surface area contributed by atoms with Crippen molar-refractivity contribution >= 4 is 34.7 Å². The lowest BCUT2D eigenvalue weighted by molar-refractivity contribution is -0.148. The second kappa shape index (κ2) is 10.2. The number of nitrogens with zero attached hydrogens (tertiary/aromatic N) is 1. The van der Waals surface area contributed by atoms with Crippen molar-refractivity contribution < 1.29 is 29.0 Å². The predicted octanol–water partition coefficient (Wildman–Crippen LogP) is 3.81. The molecule has 1 aliphatic heterocycles. The number of amides is 1. The summed E-state index contributed by atoms with van der Waals surface area (Å²) in [5.41, 5.74) is 1.72. The van der Waals surface area contributed by atoms with Crippen molar-refractivity contribution in [3.05, 3.63) is 71.3 Å². The van der Waals surface area contributed by atoms with Crippen LogP contribution >= 0.6 is 11.8 Å². The van der Waals surface area contributed by atoms with Gasteiger partial charge in [-0.2, -0.15) is 0 Å². The molecule has 8 heteroatoms. The van der Waals surface area contributed by atoms with Crippen molar-refractivity contribution in [3.8, 4) is 0 Å². The normalized spacial score (nSPS) is 18.1. The average molecular weight is 470 g/mol. The van der Waals surface area contributed by atoms with Gasteiger partial charge in [-0.15, -0.1) is 0 Å². The Kier molecular flexibility index (Phi) is 7.58. The van der Waals surface area contributed by atoms with E-state index in [1.165, 1.54) is 4.90 Å². The number of carboxylic acid groups (broad SMARTS) is 1. The molecule has 0 bridgehead atoms. The molecule has 3 rings (SSSR count). The molecule has 1 saturated heterocycles. The van der Waals surface area contributed by atoms with Crippen LogP contribution in [0.15, 0.2) is 54.6 Å². The first-order valence-electron chi connectivity index (χ1n) is 10.7. The SMILES string of the molecule is CCc1ccccc1C(=O)O[C@@H]1C[C@@H](C(=O)O)N(C(=O)C(C)(C)SC(=O)c2ccccc2)C1. The zero-order valence-corrected chi connectivity index (χ0v) is 19.6. The Morgan fingerprint density at radius 2 is 1.70 bits per heavy atom. The molecule has 33 heavy (non-hydrogen) atoms. The van der Waals surface area contributed by atoms with E-state index >= 15 is 0 Å². The number of benzene rings is 2. The summed E-state index contributed by atoms with van der Waals surface area (Å²) in [5.74, 6) is -2.20. The number of carbonyl (C=O) groups excluding carboxylic acids is 3. The van der Waals surface area contributed by atoms with Crippen LogP contribution in [0.4, 0.5) is 0 Å². The lowest BCUT2D eigenvalue weighted by Crippen LogP contribution is -2.49. The van der Waals surface area contributed by atoms with E-state index < -0.39 is 34.7 Å². The lowest BCUT2D eigenvalue weighted by atomic mass is 10.1. The molecule has 2 aromatic carbocycles. The summed E-state index contributed by atoms with van der Waals surface area (Å²) in [6.45, 7) is 5.07. The highest BCUT2D eigenvalue weighted by Gasteiger charge is 2.46. The number of aliphatic carboxylic acids is 1. The molecule has 1 fully saturated rings. The van der Waals surface area contributed by atoms with Crippen LogP contribution in [0, 0.1) is 0 Å². The van der Waals surface area contributed by atoms with E-state index in [1.54, 1.807) is 56.3 Å². The van der Waals surface area contributed by atoms with Crippen molar-refractivity contribution in [1.29, 1.82) is 0 Å². The van der Waals surface area contributed by atoms with E-state index in [0.717, 1.165) is 17.3 Å². The third kappa shape index (κ3) is 5.63. The first kappa shape index (κ1) is 24.5. The summed E-state index contributed by atoms with van der Waals surface area (Å²) in [7, 11) is 0. The molecule has 0 aromatic heterocycles. The summed E-state index contributed by atoms with van der Waals surface area (Å²) in [5, 5.41) is 9.42. The molecule has 0 spiro atoms. The third-order valence-electron chi connectivity index (χ3n) is 5.57. The number of carboxylic acids is 1. The van der Waals surface area contributed by atoms with Crippen LogP contribution < -0.4 is 0 Å². The molecule has 1 amide bonds. The largest absolute Gasteiger partial charge is 0.480 e. The molecule has 174 valence electrons. The summed E-state index contributed by atoms with van der Waals surface area (Å²) in [6.07, 6.45) is -0.105. The third-order valence-corrected chi connectivity index (χ3v) is 6.68. The van der Waals surface area contributed by atoms with Crippen LogP contribution in [0.5, 0.6) is 0 Å². The number of hydrogen-bond acceptors (Lipinski definition) is 6. The first-order chi connectivity index (χ1) is 15.6. The van der Waals surface area contributed by atoms with Gasteiger partial charge in [-0.05, 0) is 31.9 Å². The number of ether oxygens (including phenoxy) is 1. The van der Waals surface area contributed by atoms with E-state index in [4.69, 9.17) is 4.74 Å². The smallest absolute Gasteiger partial charge is 0.338 e. The Bertz CT molecular complexity index is 1050. The maximum absolute atomic E-state index is 13.3. The number of carbonyl (C=O) groups is 4. The molecule has 0 saturated carbocycles. The molecule has 1 aliphatic rings. The summed E-state index contributed by atoms with van der Waals surface area (Å²) in [6, 6.07) is 14.5. The number of thioether (sulfide) groups is 1. The zero-order chi connectivity index (χ0) is 24.2. The van der Waals surface area contributed by atoms with Gasteiger partial charge in [0.05, 0.1) is 16.9 Å². The highest BCUT2D eigenvalue weighted by Crippen LogP contribution is 2.33. The number of likely N-dealkylation sites (tertiary alicyclic amines) is 1. The van der Waals surface area contributed by atoms with Crippen LogP contribution in [0.1, 0.15) is 53.5 Å². The summed E-state index contributed by atoms with van der Waals surface area (Å²) in [4.78, 5) is 51.7. The van der Waals surface area contributed by atoms with Crippen molar-refractivity contribution in [1.82, 2.24) is 4.90 Å². The van der Waals surface area contributed by atoms with Crippen LogP contribution in [0.25, 0.3) is 0 Å². The Balaban J connectivity index is 1.73. The van der Waals surface area contributed by atoms with Crippen LogP contribution in [-0.2, 0) is 20.7 Å². The van der Waals surface area contributed by atoms with Gasteiger partial charge in [0, 0.05) is 12.0 Å². The Labute approximate surface area is 197 Å². The minimum atomic E-state index is -1.20. The van der Waals surface area contributed by atoms with E-state index in [0.29, 0.717) is 17.5 Å². The molecule has 2 aromatic rings. The molecular formula is C25H27NO6S. The Morgan fingerprint density at radius 3 is 2.33 bits per heavy atom. The fraction of sp³-hybridized carbons (Fsp3) is 0.360. The standard InChI is InChI=1S/C25H27NO6S/c1-4-16-10-8-9-13-19(16)22(29)32-18-14-20(21(27)28)26(15-18)24(31)25(2,3)33-23(30)17-11-6-5-7-12-17/h5-13,18,20H,4,14-15H2,1-3H3,(H,27,28)/t18-,20+/m1/s1. The van der Waals surface area contributed by atoms with Crippen molar-refractivity contribution in [2.45, 2.75) is 50.5 Å². The quantitative estimate of drug-likeness (QED) is 0.615. The minimum absolute atomic E-state index is 0.00547. The summed E-state index contributed by atoms with van der Waals surface area (Å²) >= 11 is 0.850.